The van der Waals surface area contributed by atoms with Gasteiger partial charge in [-0.1, -0.05) is 31.3 Å². The van der Waals surface area contributed by atoms with Crippen LogP contribution in [0.2, 0.25) is 0 Å². The number of aromatic nitrogens is 1. The third-order valence-corrected chi connectivity index (χ3v) is 5.65. The van der Waals surface area contributed by atoms with Gasteiger partial charge in [0, 0.05) is 11.1 Å². The van der Waals surface area contributed by atoms with E-state index in [2.05, 4.69) is 22.9 Å². The quantitative estimate of drug-likeness (QED) is 0.271. The molecule has 1 heterocycles. The van der Waals surface area contributed by atoms with E-state index in [-0.39, 0.29) is 6.61 Å². The molecule has 3 rings (SSSR count). The standard InChI is InChI=1S/C27H33N3O6/c1-5-6-7-8-15-34-22-12-9-20(10-13-22)26(31)28-29-27(32)21-11-14-24(25(16-21)33-4)35-17-23-18(2)30-36-19(23)3/h9-14,16H,5-8,15,17H2,1-4H3,(H,28,31)(H,29,32). The third kappa shape index (κ3) is 7.24. The van der Waals surface area contributed by atoms with Gasteiger partial charge in [-0.2, -0.15) is 0 Å². The Hall–Kier alpha value is -4.01. The Balaban J connectivity index is 1.51. The van der Waals surface area contributed by atoms with Crippen LogP contribution in [0.15, 0.2) is 47.0 Å². The lowest BCUT2D eigenvalue weighted by Gasteiger charge is -2.13. The molecule has 0 aliphatic heterocycles. The predicted molar refractivity (Wildman–Crippen MR) is 134 cm³/mol. The summed E-state index contributed by atoms with van der Waals surface area (Å²) in [5, 5.41) is 3.91. The summed E-state index contributed by atoms with van der Waals surface area (Å²) in [6, 6.07) is 11.5. The van der Waals surface area contributed by atoms with Gasteiger partial charge in [0.15, 0.2) is 11.5 Å². The van der Waals surface area contributed by atoms with Crippen molar-refractivity contribution in [3.8, 4) is 17.2 Å². The van der Waals surface area contributed by atoms with Gasteiger partial charge >= 0.3 is 0 Å². The second-order valence-electron chi connectivity index (χ2n) is 8.30. The number of hydrogen-bond donors (Lipinski definition) is 2. The molecule has 9 heteroatoms. The average molecular weight is 496 g/mol. The van der Waals surface area contributed by atoms with Crippen LogP contribution in [0.1, 0.15) is 70.3 Å². The molecule has 0 saturated carbocycles. The first-order chi connectivity index (χ1) is 17.4. The monoisotopic (exact) mass is 495 g/mol. The van der Waals surface area contributed by atoms with Gasteiger partial charge in [0.05, 0.1) is 25.0 Å². The zero-order valence-corrected chi connectivity index (χ0v) is 21.2. The minimum atomic E-state index is -0.494. The number of nitrogens with one attached hydrogen (secondary N) is 2. The van der Waals surface area contributed by atoms with Crippen molar-refractivity contribution in [2.45, 2.75) is 53.1 Å². The van der Waals surface area contributed by atoms with E-state index < -0.39 is 11.8 Å². The number of rotatable bonds is 12. The van der Waals surface area contributed by atoms with Crippen molar-refractivity contribution in [3.63, 3.8) is 0 Å². The highest BCUT2D eigenvalue weighted by atomic mass is 16.5. The molecular weight excluding hydrogens is 462 g/mol. The highest BCUT2D eigenvalue weighted by Crippen LogP contribution is 2.29. The molecule has 0 radical (unpaired) electrons. The second-order valence-corrected chi connectivity index (χ2v) is 8.30. The van der Waals surface area contributed by atoms with Crippen molar-refractivity contribution in [3.05, 3.63) is 70.6 Å². The molecule has 2 N–H and O–H groups in total. The molecule has 2 amide bonds. The van der Waals surface area contributed by atoms with E-state index in [1.54, 1.807) is 36.4 Å². The Morgan fingerprint density at radius 2 is 1.58 bits per heavy atom. The maximum atomic E-state index is 12.6. The molecule has 0 spiro atoms. The van der Waals surface area contributed by atoms with Crippen LogP contribution >= 0.6 is 0 Å². The fourth-order valence-electron chi connectivity index (χ4n) is 3.47. The Morgan fingerprint density at radius 3 is 2.22 bits per heavy atom. The van der Waals surface area contributed by atoms with Crippen molar-refractivity contribution in [1.29, 1.82) is 0 Å². The topological polar surface area (TPSA) is 112 Å². The number of methoxy groups -OCH3 is 1. The summed E-state index contributed by atoms with van der Waals surface area (Å²) >= 11 is 0. The van der Waals surface area contributed by atoms with Gasteiger partial charge < -0.3 is 18.7 Å². The first-order valence-electron chi connectivity index (χ1n) is 12.0. The van der Waals surface area contributed by atoms with E-state index in [9.17, 15) is 9.59 Å². The lowest BCUT2D eigenvalue weighted by molar-refractivity contribution is 0.0846. The van der Waals surface area contributed by atoms with Crippen LogP contribution in [0.4, 0.5) is 0 Å². The zero-order chi connectivity index (χ0) is 25.9. The van der Waals surface area contributed by atoms with Crippen molar-refractivity contribution >= 4 is 11.8 Å². The lowest BCUT2D eigenvalue weighted by Crippen LogP contribution is -2.41. The third-order valence-electron chi connectivity index (χ3n) is 5.65. The van der Waals surface area contributed by atoms with Crippen molar-refractivity contribution < 1.29 is 28.3 Å². The Morgan fingerprint density at radius 1 is 0.889 bits per heavy atom. The molecular formula is C27H33N3O6. The number of carbonyl (C=O) groups is 2. The Labute approximate surface area is 211 Å². The minimum Gasteiger partial charge on any atom is -0.494 e. The minimum absolute atomic E-state index is 0.252. The van der Waals surface area contributed by atoms with E-state index in [1.807, 2.05) is 13.8 Å². The predicted octanol–water partition coefficient (Wildman–Crippen LogP) is 4.91. The molecule has 0 bridgehead atoms. The molecule has 0 aliphatic rings. The van der Waals surface area contributed by atoms with E-state index in [4.69, 9.17) is 18.7 Å². The number of nitrogens with zero attached hydrogens (tertiary/aromatic N) is 1. The summed E-state index contributed by atoms with van der Waals surface area (Å²) in [5.41, 5.74) is 7.14. The molecule has 0 saturated heterocycles. The van der Waals surface area contributed by atoms with Crippen LogP contribution in [-0.2, 0) is 6.61 Å². The summed E-state index contributed by atoms with van der Waals surface area (Å²) in [7, 11) is 1.49. The van der Waals surface area contributed by atoms with Crippen LogP contribution in [-0.4, -0.2) is 30.7 Å². The van der Waals surface area contributed by atoms with Gasteiger partial charge in [-0.25, -0.2) is 0 Å². The highest BCUT2D eigenvalue weighted by Gasteiger charge is 2.15. The van der Waals surface area contributed by atoms with Crippen molar-refractivity contribution in [2.24, 2.45) is 0 Å². The van der Waals surface area contributed by atoms with Crippen LogP contribution in [0.5, 0.6) is 17.2 Å². The van der Waals surface area contributed by atoms with E-state index in [1.165, 1.54) is 26.0 Å². The Kier molecular flexibility index (Phi) is 9.73. The molecule has 0 atom stereocenters. The second kappa shape index (κ2) is 13.2. The number of benzene rings is 2. The van der Waals surface area contributed by atoms with Gasteiger partial charge in [0.1, 0.15) is 18.1 Å². The molecule has 36 heavy (non-hydrogen) atoms. The highest BCUT2D eigenvalue weighted by molar-refractivity contribution is 5.99. The number of carbonyl (C=O) groups excluding carboxylic acids is 2. The summed E-state index contributed by atoms with van der Waals surface area (Å²) in [6.45, 7) is 6.72. The number of unbranched alkanes of at least 4 members (excludes halogenated alkanes) is 3. The average Bonchev–Trinajstić information content (AvgIpc) is 3.22. The molecule has 0 fully saturated rings. The maximum absolute atomic E-state index is 12.6. The first-order valence-corrected chi connectivity index (χ1v) is 12.0. The SMILES string of the molecule is CCCCCCOc1ccc(C(=O)NNC(=O)c2ccc(OCc3c(C)noc3C)c(OC)c2)cc1. The molecule has 192 valence electrons. The molecule has 1 aromatic heterocycles. The summed E-state index contributed by atoms with van der Waals surface area (Å²) in [5.74, 6) is 1.30. The molecule has 2 aromatic carbocycles. The van der Waals surface area contributed by atoms with Gasteiger partial charge in [-0.3, -0.25) is 20.4 Å². The van der Waals surface area contributed by atoms with Crippen LogP contribution < -0.4 is 25.1 Å². The van der Waals surface area contributed by atoms with Gasteiger partial charge in [0.2, 0.25) is 0 Å². The summed E-state index contributed by atoms with van der Waals surface area (Å²) in [6.07, 6.45) is 4.52. The van der Waals surface area contributed by atoms with Gasteiger partial charge in [-0.15, -0.1) is 0 Å². The fraction of sp³-hybridized carbons (Fsp3) is 0.370. The van der Waals surface area contributed by atoms with Crippen molar-refractivity contribution in [2.75, 3.05) is 13.7 Å². The Bertz CT molecular complexity index is 1140. The summed E-state index contributed by atoms with van der Waals surface area (Å²) in [4.78, 5) is 25.0. The van der Waals surface area contributed by atoms with Gasteiger partial charge in [-0.05, 0) is 62.7 Å². The number of hydrogen-bond acceptors (Lipinski definition) is 7. The van der Waals surface area contributed by atoms with E-state index >= 15 is 0 Å². The molecule has 9 nitrogen and oxygen atoms in total. The fourth-order valence-corrected chi connectivity index (χ4v) is 3.47. The van der Waals surface area contributed by atoms with E-state index in [0.29, 0.717) is 40.7 Å². The first kappa shape index (κ1) is 26.6. The van der Waals surface area contributed by atoms with Crippen LogP contribution in [0.25, 0.3) is 0 Å². The molecule has 0 aliphatic carbocycles. The number of aryl methyl sites for hydroxylation is 2. The largest absolute Gasteiger partial charge is 0.494 e. The molecule has 3 aromatic rings. The summed E-state index contributed by atoms with van der Waals surface area (Å²) < 4.78 is 22.1. The van der Waals surface area contributed by atoms with E-state index in [0.717, 1.165) is 24.1 Å². The zero-order valence-electron chi connectivity index (χ0n) is 21.2. The van der Waals surface area contributed by atoms with Crippen LogP contribution in [0.3, 0.4) is 0 Å². The lowest BCUT2D eigenvalue weighted by atomic mass is 10.2. The number of hydrazine groups is 1. The van der Waals surface area contributed by atoms with Crippen molar-refractivity contribution in [1.82, 2.24) is 16.0 Å². The normalized spacial score (nSPS) is 10.6. The smallest absolute Gasteiger partial charge is 0.269 e. The molecule has 0 unspecified atom stereocenters. The van der Waals surface area contributed by atoms with Crippen LogP contribution in [0, 0.1) is 13.8 Å². The number of amides is 2. The van der Waals surface area contributed by atoms with Gasteiger partial charge in [0.25, 0.3) is 11.8 Å². The number of ether oxygens (including phenoxy) is 3. The maximum Gasteiger partial charge on any atom is 0.269 e.